The fourth-order valence-electron chi connectivity index (χ4n) is 1.88. The average molecular weight is 292 g/mol. The summed E-state index contributed by atoms with van der Waals surface area (Å²) in [6.07, 6.45) is 0.425. The highest BCUT2D eigenvalue weighted by molar-refractivity contribution is 6.32. The van der Waals surface area contributed by atoms with Crippen molar-refractivity contribution in [3.8, 4) is 0 Å². The number of aliphatic hydroxyl groups excluding tert-OH is 4. The van der Waals surface area contributed by atoms with E-state index < -0.39 is 62.9 Å². The van der Waals surface area contributed by atoms with Crippen molar-refractivity contribution >= 4 is 23.1 Å². The van der Waals surface area contributed by atoms with Crippen LogP contribution in [0.25, 0.3) is 0 Å². The number of allylic oxidation sites excluding steroid dienone is 4. The number of carbonyl (C=O) groups is 4. The van der Waals surface area contributed by atoms with Gasteiger partial charge in [-0.1, -0.05) is 0 Å². The molecular weight excluding hydrogens is 284 g/mol. The molecule has 0 aromatic carbocycles. The molecule has 0 radical (unpaired) electrons. The van der Waals surface area contributed by atoms with Gasteiger partial charge in [0.2, 0.25) is 23.1 Å². The van der Waals surface area contributed by atoms with E-state index in [0.717, 1.165) is 6.92 Å². The van der Waals surface area contributed by atoms with Gasteiger partial charge in [0.1, 0.15) is 0 Å². The number of carbonyl (C=O) groups excluding carboxylic acids is 4. The molecule has 0 saturated carbocycles. The van der Waals surface area contributed by atoms with Gasteiger partial charge in [-0.25, -0.2) is 0 Å². The molecule has 4 N–H and O–H groups in total. The van der Waals surface area contributed by atoms with Gasteiger partial charge in [0, 0.05) is 11.6 Å². The van der Waals surface area contributed by atoms with Crippen molar-refractivity contribution in [3.05, 3.63) is 45.8 Å². The Morgan fingerprint density at radius 2 is 1.24 bits per heavy atom. The Labute approximate surface area is 116 Å². The van der Waals surface area contributed by atoms with E-state index >= 15 is 0 Å². The third-order valence-corrected chi connectivity index (χ3v) is 3.04. The molecule has 0 heterocycles. The molecule has 0 atom stereocenters. The Bertz CT molecular complexity index is 757. The van der Waals surface area contributed by atoms with Gasteiger partial charge in [0.15, 0.2) is 23.0 Å². The maximum atomic E-state index is 11.9. The molecule has 0 spiro atoms. The molecule has 8 heteroatoms. The van der Waals surface area contributed by atoms with Gasteiger partial charge in [0.25, 0.3) is 0 Å². The van der Waals surface area contributed by atoms with Gasteiger partial charge in [-0.05, 0) is 6.92 Å². The van der Waals surface area contributed by atoms with Crippen molar-refractivity contribution in [3.63, 3.8) is 0 Å². The number of hydrogen-bond donors (Lipinski definition) is 4. The Morgan fingerprint density at radius 3 is 1.81 bits per heavy atom. The van der Waals surface area contributed by atoms with Crippen LogP contribution in [0.1, 0.15) is 6.92 Å². The van der Waals surface area contributed by atoms with E-state index in [1.165, 1.54) is 0 Å². The van der Waals surface area contributed by atoms with E-state index in [1.54, 1.807) is 0 Å². The lowest BCUT2D eigenvalue weighted by Crippen LogP contribution is -2.29. The molecule has 2 aliphatic carbocycles. The predicted octanol–water partition coefficient (Wildman–Crippen LogP) is 0.188. The lowest BCUT2D eigenvalue weighted by atomic mass is 9.84. The minimum Gasteiger partial charge on any atom is -0.504 e. The topological polar surface area (TPSA) is 149 Å². The van der Waals surface area contributed by atoms with Gasteiger partial charge >= 0.3 is 0 Å². The minimum atomic E-state index is -1.33. The van der Waals surface area contributed by atoms with Crippen molar-refractivity contribution < 1.29 is 39.6 Å². The smallest absolute Gasteiger partial charge is 0.232 e. The molecule has 2 aliphatic rings. The van der Waals surface area contributed by atoms with Crippen LogP contribution in [0.3, 0.4) is 0 Å². The molecule has 21 heavy (non-hydrogen) atoms. The fourth-order valence-corrected chi connectivity index (χ4v) is 1.88. The summed E-state index contributed by atoms with van der Waals surface area (Å²) >= 11 is 0. The number of Topliss-reactive ketones (excluding diaryl/α,β-unsaturated/α-hetero) is 3. The first-order chi connectivity index (χ1) is 9.68. The highest BCUT2D eigenvalue weighted by atomic mass is 16.3. The van der Waals surface area contributed by atoms with Crippen LogP contribution in [-0.2, 0) is 19.2 Å². The normalized spacial score (nSPS) is 20.5. The molecule has 108 valence electrons. The van der Waals surface area contributed by atoms with E-state index in [9.17, 15) is 39.6 Å². The molecule has 0 unspecified atom stereocenters. The zero-order chi connectivity index (χ0) is 16.1. The highest BCUT2D eigenvalue weighted by Crippen LogP contribution is 2.31. The van der Waals surface area contributed by atoms with E-state index in [2.05, 4.69) is 0 Å². The van der Waals surface area contributed by atoms with Gasteiger partial charge in [-0.15, -0.1) is 0 Å². The first-order valence-electron chi connectivity index (χ1n) is 5.54. The molecular formula is C13H8O8. The number of aliphatic hydroxyl groups is 4. The summed E-state index contributed by atoms with van der Waals surface area (Å²) in [6.45, 7) is 1.07. The van der Waals surface area contributed by atoms with Crippen LogP contribution in [0, 0.1) is 0 Å². The Kier molecular flexibility index (Phi) is 3.02. The van der Waals surface area contributed by atoms with E-state index in [1.807, 2.05) is 0 Å². The van der Waals surface area contributed by atoms with Gasteiger partial charge in [0.05, 0.1) is 11.1 Å². The third-order valence-electron chi connectivity index (χ3n) is 3.04. The maximum Gasteiger partial charge on any atom is 0.232 e. The number of ketones is 4. The summed E-state index contributed by atoms with van der Waals surface area (Å²) in [6, 6.07) is 0. The molecule has 8 nitrogen and oxygen atoms in total. The monoisotopic (exact) mass is 292 g/mol. The first-order valence-corrected chi connectivity index (χ1v) is 5.54. The molecule has 0 aromatic rings. The molecule has 0 bridgehead atoms. The van der Waals surface area contributed by atoms with Crippen molar-refractivity contribution in [2.24, 2.45) is 0 Å². The third kappa shape index (κ3) is 1.84. The Hall–Kier alpha value is -3.16. The molecule has 0 amide bonds. The second-order valence-electron chi connectivity index (χ2n) is 4.30. The molecule has 2 rings (SSSR count). The molecule has 0 fully saturated rings. The largest absolute Gasteiger partial charge is 0.504 e. The zero-order valence-electron chi connectivity index (χ0n) is 10.5. The van der Waals surface area contributed by atoms with Gasteiger partial charge in [-0.2, -0.15) is 0 Å². The van der Waals surface area contributed by atoms with E-state index in [0.29, 0.717) is 6.08 Å². The Morgan fingerprint density at radius 1 is 0.714 bits per heavy atom. The van der Waals surface area contributed by atoms with Crippen LogP contribution in [0.15, 0.2) is 45.8 Å². The standard InChI is InChI=1S/C13H8O8/c1-3-8(16)12(20)7(13(21)9(3)17)6-10(18)4(14)2-5(15)11(6)19/h2,14,16,19,21H,1H3. The molecule has 0 aromatic heterocycles. The van der Waals surface area contributed by atoms with Crippen molar-refractivity contribution in [2.45, 2.75) is 6.92 Å². The van der Waals surface area contributed by atoms with Gasteiger partial charge in [-0.3, -0.25) is 19.2 Å². The van der Waals surface area contributed by atoms with Crippen LogP contribution < -0.4 is 0 Å². The number of hydrogen-bond acceptors (Lipinski definition) is 8. The van der Waals surface area contributed by atoms with Crippen LogP contribution >= 0.6 is 0 Å². The zero-order valence-corrected chi connectivity index (χ0v) is 10.5. The van der Waals surface area contributed by atoms with Crippen LogP contribution in [0.4, 0.5) is 0 Å². The van der Waals surface area contributed by atoms with E-state index in [-0.39, 0.29) is 0 Å². The summed E-state index contributed by atoms with van der Waals surface area (Å²) in [4.78, 5) is 46.7. The summed E-state index contributed by atoms with van der Waals surface area (Å²) in [5.41, 5.74) is -2.51. The lowest BCUT2D eigenvalue weighted by molar-refractivity contribution is -0.121. The average Bonchev–Trinajstić information content (AvgIpc) is 2.44. The summed E-state index contributed by atoms with van der Waals surface area (Å²) in [7, 11) is 0. The fraction of sp³-hybridized carbons (Fsp3) is 0.0769. The maximum absolute atomic E-state index is 11.9. The SMILES string of the molecule is CC1=C(O)C(=O)C(C2=C(O)C(=O)C=C(O)C2=O)=C(O)C1=O. The van der Waals surface area contributed by atoms with E-state index in [4.69, 9.17) is 0 Å². The van der Waals surface area contributed by atoms with Crippen molar-refractivity contribution in [1.29, 1.82) is 0 Å². The second-order valence-corrected chi connectivity index (χ2v) is 4.30. The summed E-state index contributed by atoms with van der Waals surface area (Å²) in [5.74, 6) is -9.49. The quantitative estimate of drug-likeness (QED) is 0.500. The van der Waals surface area contributed by atoms with Crippen LogP contribution in [0.5, 0.6) is 0 Å². The second kappa shape index (κ2) is 4.44. The Balaban J connectivity index is 2.74. The predicted molar refractivity (Wildman–Crippen MR) is 65.4 cm³/mol. The summed E-state index contributed by atoms with van der Waals surface area (Å²) < 4.78 is 0. The molecule has 0 saturated heterocycles. The first kappa shape index (κ1) is 14.3. The molecule has 0 aliphatic heterocycles. The lowest BCUT2D eigenvalue weighted by Gasteiger charge is -2.19. The highest BCUT2D eigenvalue weighted by Gasteiger charge is 2.41. The minimum absolute atomic E-state index is 0.425. The van der Waals surface area contributed by atoms with Crippen molar-refractivity contribution in [2.75, 3.05) is 0 Å². The van der Waals surface area contributed by atoms with Crippen LogP contribution in [0.2, 0.25) is 0 Å². The van der Waals surface area contributed by atoms with Crippen LogP contribution in [-0.4, -0.2) is 43.6 Å². The van der Waals surface area contributed by atoms with Gasteiger partial charge < -0.3 is 20.4 Å². The summed E-state index contributed by atoms with van der Waals surface area (Å²) in [5, 5.41) is 38.1. The van der Waals surface area contributed by atoms with Crippen molar-refractivity contribution in [1.82, 2.24) is 0 Å². The number of rotatable bonds is 1.